The highest BCUT2D eigenvalue weighted by Gasteiger charge is 2.49. The topological polar surface area (TPSA) is 138 Å². The van der Waals surface area contributed by atoms with Crippen LogP contribution >= 0.6 is 0 Å². The summed E-state index contributed by atoms with van der Waals surface area (Å²) in [5.41, 5.74) is 1.05. The van der Waals surface area contributed by atoms with Crippen molar-refractivity contribution in [2.75, 3.05) is 14.2 Å². The van der Waals surface area contributed by atoms with Crippen LogP contribution in [0.5, 0.6) is 0 Å². The molecule has 2 N–H and O–H groups in total. The smallest absolute Gasteiger partial charge is 0.310 e. The maximum absolute atomic E-state index is 13.1. The molecule has 38 heavy (non-hydrogen) atoms. The van der Waals surface area contributed by atoms with Gasteiger partial charge in [-0.15, -0.1) is 0 Å². The Labute approximate surface area is 220 Å². The zero-order chi connectivity index (χ0) is 27.8. The third-order valence-corrected chi connectivity index (χ3v) is 9.26. The Morgan fingerprint density at radius 3 is 1.89 bits per heavy atom. The summed E-state index contributed by atoms with van der Waals surface area (Å²) in [5, 5.41) is 0.0465. The second-order valence-electron chi connectivity index (χ2n) is 9.46. The van der Waals surface area contributed by atoms with Crippen molar-refractivity contribution < 1.29 is 39.9 Å². The molecule has 2 unspecified atom stereocenters. The molecule has 0 aromatic heterocycles. The van der Waals surface area contributed by atoms with E-state index in [1.54, 1.807) is 12.1 Å². The number of halogens is 1. The molecular weight excluding hydrogens is 537 g/mol. The van der Waals surface area contributed by atoms with Gasteiger partial charge in [0.25, 0.3) is 20.2 Å². The van der Waals surface area contributed by atoms with Crippen LogP contribution in [0, 0.1) is 11.7 Å². The summed E-state index contributed by atoms with van der Waals surface area (Å²) >= 11 is 0. The Morgan fingerprint density at radius 1 is 0.895 bits per heavy atom. The van der Waals surface area contributed by atoms with Gasteiger partial charge in [-0.2, -0.15) is 16.8 Å². The third-order valence-electron chi connectivity index (χ3n) is 7.44. The van der Waals surface area contributed by atoms with E-state index < -0.39 is 30.0 Å². The van der Waals surface area contributed by atoms with Crippen molar-refractivity contribution in [1.82, 2.24) is 4.90 Å². The van der Waals surface area contributed by atoms with Crippen LogP contribution < -0.4 is 0 Å². The molecule has 4 atom stereocenters. The Morgan fingerprint density at radius 2 is 1.42 bits per heavy atom. The first kappa shape index (κ1) is 28.1. The van der Waals surface area contributed by atoms with Crippen LogP contribution in [0.3, 0.4) is 0 Å². The van der Waals surface area contributed by atoms with E-state index in [0.29, 0.717) is 6.04 Å². The summed E-state index contributed by atoms with van der Waals surface area (Å²) in [6, 6.07) is 14.9. The van der Waals surface area contributed by atoms with Gasteiger partial charge in [0.1, 0.15) is 15.6 Å². The number of hydrogen-bond donors (Lipinski definition) is 2. The summed E-state index contributed by atoms with van der Waals surface area (Å²) in [6.45, 7) is 0. The number of carbonyl (C=O) groups excluding carboxylic acids is 1. The lowest BCUT2D eigenvalue weighted by atomic mass is 9.76. The first-order valence-electron chi connectivity index (χ1n) is 11.8. The molecule has 2 fully saturated rings. The summed E-state index contributed by atoms with van der Waals surface area (Å²) in [6.07, 6.45) is 3.11. The molecular formula is C26H28FNO8S2. The molecule has 12 heteroatoms. The van der Waals surface area contributed by atoms with Crippen LogP contribution in [0.2, 0.25) is 0 Å². The van der Waals surface area contributed by atoms with Crippen LogP contribution in [0.4, 0.5) is 4.39 Å². The summed E-state index contributed by atoms with van der Waals surface area (Å²) in [4.78, 5) is 13.7. The lowest BCUT2D eigenvalue weighted by molar-refractivity contribution is -0.150. The second kappa shape index (κ2) is 10.7. The molecule has 2 aliphatic heterocycles. The van der Waals surface area contributed by atoms with Crippen molar-refractivity contribution in [3.63, 3.8) is 0 Å². The minimum Gasteiger partial charge on any atom is -0.469 e. The quantitative estimate of drug-likeness (QED) is 0.356. The van der Waals surface area contributed by atoms with Gasteiger partial charge in [-0.1, -0.05) is 36.4 Å². The normalized spacial score (nSPS) is 23.5. The van der Waals surface area contributed by atoms with E-state index in [9.17, 15) is 26.0 Å². The van der Waals surface area contributed by atoms with Crippen molar-refractivity contribution in [1.29, 1.82) is 0 Å². The highest BCUT2D eigenvalue weighted by atomic mass is 32.2. The lowest BCUT2D eigenvalue weighted by Gasteiger charge is -2.41. The van der Waals surface area contributed by atoms with Crippen molar-refractivity contribution in [2.45, 2.75) is 47.1 Å². The number of ether oxygens (including phenoxy) is 1. The lowest BCUT2D eigenvalue weighted by Crippen LogP contribution is -2.49. The van der Waals surface area contributed by atoms with E-state index in [1.165, 1.54) is 43.5 Å². The summed E-state index contributed by atoms with van der Waals surface area (Å²) < 4.78 is 80.8. The van der Waals surface area contributed by atoms with Crippen molar-refractivity contribution >= 4 is 37.0 Å². The number of carbonyl (C=O) groups is 1. The summed E-state index contributed by atoms with van der Waals surface area (Å²) in [5.74, 6) is -0.387. The number of methoxy groups -OCH3 is 1. The van der Waals surface area contributed by atoms with Crippen LogP contribution in [-0.2, 0) is 29.8 Å². The van der Waals surface area contributed by atoms with Crippen LogP contribution in [0.25, 0.3) is 10.8 Å². The van der Waals surface area contributed by atoms with Gasteiger partial charge in [-0.25, -0.2) is 4.39 Å². The molecule has 0 aliphatic carbocycles. The molecule has 2 bridgehead atoms. The SMILES string of the molecule is COC(=O)[C@@H]1C2CCC(C[C@@H]1c1ccc(F)cc1)N2C.O=S(=O)(O)c1cccc2c(S(=O)(=O)O)cccc12. The molecule has 0 radical (unpaired) electrons. The first-order valence-corrected chi connectivity index (χ1v) is 14.7. The molecule has 3 aromatic carbocycles. The molecule has 5 rings (SSSR count). The molecule has 0 saturated carbocycles. The van der Waals surface area contributed by atoms with Gasteiger partial charge >= 0.3 is 5.97 Å². The third kappa shape index (κ3) is 5.59. The zero-order valence-electron chi connectivity index (χ0n) is 20.7. The molecule has 9 nitrogen and oxygen atoms in total. The van der Waals surface area contributed by atoms with Gasteiger partial charge in [0.15, 0.2) is 0 Å². The maximum Gasteiger partial charge on any atom is 0.310 e. The fourth-order valence-corrected chi connectivity index (χ4v) is 7.09. The fourth-order valence-electron chi connectivity index (χ4n) is 5.68. The highest BCUT2D eigenvalue weighted by Crippen LogP contribution is 2.46. The van der Waals surface area contributed by atoms with Gasteiger partial charge in [-0.3, -0.25) is 18.8 Å². The number of fused-ring (bicyclic) bond motifs is 3. The number of nitrogens with zero attached hydrogens (tertiary/aromatic N) is 1. The maximum atomic E-state index is 13.1. The average Bonchev–Trinajstić information content (AvgIpc) is 3.09. The Kier molecular flexibility index (Phi) is 7.91. The number of piperidine rings is 1. The molecule has 2 heterocycles. The molecule has 204 valence electrons. The first-order chi connectivity index (χ1) is 17.8. The molecule has 3 aromatic rings. The monoisotopic (exact) mass is 565 g/mol. The van der Waals surface area contributed by atoms with Gasteiger partial charge in [0, 0.05) is 28.8 Å². The van der Waals surface area contributed by atoms with Crippen molar-refractivity contribution in [2.24, 2.45) is 5.92 Å². The minimum atomic E-state index is -4.47. The van der Waals surface area contributed by atoms with Gasteiger partial charge in [0.2, 0.25) is 0 Å². The van der Waals surface area contributed by atoms with Gasteiger partial charge < -0.3 is 4.74 Å². The largest absolute Gasteiger partial charge is 0.469 e. The van der Waals surface area contributed by atoms with Crippen molar-refractivity contribution in [3.8, 4) is 0 Å². The van der Waals surface area contributed by atoms with Crippen LogP contribution in [0.1, 0.15) is 30.7 Å². The second-order valence-corrected chi connectivity index (χ2v) is 12.2. The molecule has 0 spiro atoms. The number of hydrogen-bond acceptors (Lipinski definition) is 7. The number of esters is 1. The van der Waals surface area contributed by atoms with E-state index in [1.807, 2.05) is 0 Å². The number of rotatable bonds is 4. The molecule has 0 amide bonds. The fraction of sp³-hybridized carbons (Fsp3) is 0.346. The predicted octanol–water partition coefficient (Wildman–Crippen LogP) is 3.90. The Bertz CT molecular complexity index is 1490. The zero-order valence-corrected chi connectivity index (χ0v) is 22.3. The standard InChI is InChI=1S/C16H20FNO2.C10H8O6S2/c1-18-12-7-8-14(18)15(16(19)20-2)13(9-12)10-3-5-11(17)6-4-10;11-17(12,13)9-5-1-3-7-8(9)4-2-6-10(7)18(14,15)16/h3-6,12-15H,7-9H2,1-2H3;1-6H,(H,11,12,13)(H,14,15,16)/t12?,13-,14?,15+;/m1./s1. The summed E-state index contributed by atoms with van der Waals surface area (Å²) in [7, 11) is -5.39. The van der Waals surface area contributed by atoms with Crippen molar-refractivity contribution in [3.05, 3.63) is 72.0 Å². The minimum absolute atomic E-state index is 0.0233. The van der Waals surface area contributed by atoms with E-state index in [4.69, 9.17) is 13.8 Å². The Balaban J connectivity index is 0.000000178. The Hall–Kier alpha value is -2.90. The van der Waals surface area contributed by atoms with E-state index in [2.05, 4.69) is 11.9 Å². The highest BCUT2D eigenvalue weighted by molar-refractivity contribution is 7.86. The van der Waals surface area contributed by atoms with Gasteiger partial charge in [-0.05, 0) is 56.1 Å². The average molecular weight is 566 g/mol. The van der Waals surface area contributed by atoms with Crippen LogP contribution in [-0.4, -0.2) is 63.1 Å². The van der Waals surface area contributed by atoms with E-state index in [0.717, 1.165) is 37.0 Å². The van der Waals surface area contributed by atoms with E-state index in [-0.39, 0.29) is 40.4 Å². The predicted molar refractivity (Wildman–Crippen MR) is 137 cm³/mol. The van der Waals surface area contributed by atoms with E-state index >= 15 is 0 Å². The number of benzene rings is 3. The molecule has 2 aliphatic rings. The van der Waals surface area contributed by atoms with Crippen LogP contribution in [0.15, 0.2) is 70.5 Å². The molecule has 2 saturated heterocycles. The van der Waals surface area contributed by atoms with Gasteiger partial charge in [0.05, 0.1) is 13.0 Å².